The molecule has 2 aromatic carbocycles. The number of nitrogens with zero attached hydrogens (tertiary/aromatic N) is 3. The maximum Gasteiger partial charge on any atom is 0.254 e. The average Bonchev–Trinajstić information content (AvgIpc) is 3.26. The van der Waals surface area contributed by atoms with Gasteiger partial charge >= 0.3 is 0 Å². The lowest BCUT2D eigenvalue weighted by Crippen LogP contribution is -2.37. The molecule has 0 radical (unpaired) electrons. The molecular formula is C26H31N3O3. The second kappa shape index (κ2) is 9.90. The number of carbonyl (C=O) groups excluding carboxylic acids is 1. The summed E-state index contributed by atoms with van der Waals surface area (Å²) in [6, 6.07) is 17.4. The van der Waals surface area contributed by atoms with Crippen LogP contribution in [0.15, 0.2) is 59.1 Å². The van der Waals surface area contributed by atoms with Gasteiger partial charge in [-0.15, -0.1) is 0 Å². The van der Waals surface area contributed by atoms with Gasteiger partial charge in [0.1, 0.15) is 11.4 Å². The molecular weight excluding hydrogens is 402 g/mol. The van der Waals surface area contributed by atoms with Gasteiger partial charge in [-0.05, 0) is 51.3 Å². The zero-order valence-electron chi connectivity index (χ0n) is 19.1. The van der Waals surface area contributed by atoms with E-state index in [0.717, 1.165) is 48.6 Å². The highest BCUT2D eigenvalue weighted by atomic mass is 16.5. The van der Waals surface area contributed by atoms with Crippen LogP contribution >= 0.6 is 0 Å². The summed E-state index contributed by atoms with van der Waals surface area (Å²) < 4.78 is 11.2. The second-order valence-corrected chi connectivity index (χ2v) is 8.49. The minimum Gasteiger partial charge on any atom is -0.497 e. The number of aromatic nitrogens is 1. The van der Waals surface area contributed by atoms with Gasteiger partial charge in [0.2, 0.25) is 5.88 Å². The van der Waals surface area contributed by atoms with Crippen molar-refractivity contribution in [1.82, 2.24) is 10.1 Å². The molecule has 0 N–H and O–H groups in total. The summed E-state index contributed by atoms with van der Waals surface area (Å²) in [7, 11) is 1.61. The van der Waals surface area contributed by atoms with Crippen LogP contribution in [0.1, 0.15) is 49.0 Å². The van der Waals surface area contributed by atoms with Crippen LogP contribution in [0.25, 0.3) is 11.3 Å². The molecule has 1 fully saturated rings. The molecule has 6 nitrogen and oxygen atoms in total. The first-order valence-corrected chi connectivity index (χ1v) is 11.3. The number of piperidine rings is 1. The van der Waals surface area contributed by atoms with Crippen LogP contribution in [0.4, 0.5) is 5.88 Å². The molecule has 0 unspecified atom stereocenters. The van der Waals surface area contributed by atoms with Crippen LogP contribution in [0.2, 0.25) is 0 Å². The highest BCUT2D eigenvalue weighted by Gasteiger charge is 2.28. The first-order chi connectivity index (χ1) is 15.6. The molecule has 1 saturated heterocycles. The van der Waals surface area contributed by atoms with Crippen molar-refractivity contribution in [2.24, 2.45) is 0 Å². The predicted octanol–water partition coefficient (Wildman–Crippen LogP) is 5.39. The van der Waals surface area contributed by atoms with Gasteiger partial charge in [-0.25, -0.2) is 0 Å². The van der Waals surface area contributed by atoms with Gasteiger partial charge in [0.05, 0.1) is 19.2 Å². The Morgan fingerprint density at radius 3 is 2.53 bits per heavy atom. The quantitative estimate of drug-likeness (QED) is 0.500. The predicted molar refractivity (Wildman–Crippen MR) is 126 cm³/mol. The number of anilines is 1. The number of benzene rings is 2. The van der Waals surface area contributed by atoms with E-state index in [2.05, 4.69) is 10.1 Å². The zero-order chi connectivity index (χ0) is 22.5. The Kier molecular flexibility index (Phi) is 6.78. The second-order valence-electron chi connectivity index (χ2n) is 8.49. The Balaban J connectivity index is 1.72. The van der Waals surface area contributed by atoms with Crippen molar-refractivity contribution < 1.29 is 14.1 Å². The molecule has 1 amide bonds. The third-order valence-corrected chi connectivity index (χ3v) is 5.99. The lowest BCUT2D eigenvalue weighted by Gasteiger charge is -2.30. The van der Waals surface area contributed by atoms with Crippen molar-refractivity contribution >= 4 is 11.8 Å². The molecule has 1 aromatic heterocycles. The minimum atomic E-state index is -0.0382. The average molecular weight is 434 g/mol. The van der Waals surface area contributed by atoms with Crippen molar-refractivity contribution in [2.45, 2.75) is 45.7 Å². The molecule has 1 aliphatic heterocycles. The molecule has 0 aliphatic carbocycles. The van der Waals surface area contributed by atoms with Gasteiger partial charge in [0.25, 0.3) is 5.91 Å². The first kappa shape index (κ1) is 21.9. The standard InChI is InChI=1S/C26H31N3O3/c1-19(2)29(25(30)21-13-10-14-22(17-21)31-3)18-23-24(20-11-6-4-7-12-20)27-32-26(23)28-15-8-5-9-16-28/h4,6-7,10-14,17,19H,5,8-9,15-16,18H2,1-3H3. The van der Waals surface area contributed by atoms with E-state index in [-0.39, 0.29) is 11.9 Å². The summed E-state index contributed by atoms with van der Waals surface area (Å²) >= 11 is 0. The summed E-state index contributed by atoms with van der Waals surface area (Å²) in [5, 5.41) is 4.46. The van der Waals surface area contributed by atoms with Crippen LogP contribution in [-0.4, -0.2) is 42.2 Å². The molecule has 0 spiro atoms. The topological polar surface area (TPSA) is 58.8 Å². The lowest BCUT2D eigenvalue weighted by atomic mass is 10.0. The summed E-state index contributed by atoms with van der Waals surface area (Å²) in [6.07, 6.45) is 3.51. The van der Waals surface area contributed by atoms with E-state index in [4.69, 9.17) is 9.26 Å². The van der Waals surface area contributed by atoms with E-state index in [1.54, 1.807) is 13.2 Å². The van der Waals surface area contributed by atoms with Gasteiger partial charge in [0.15, 0.2) is 0 Å². The molecule has 0 bridgehead atoms. The smallest absolute Gasteiger partial charge is 0.254 e. The molecule has 4 rings (SSSR count). The van der Waals surface area contributed by atoms with Crippen molar-refractivity contribution in [1.29, 1.82) is 0 Å². The molecule has 1 aliphatic rings. The Morgan fingerprint density at radius 2 is 1.84 bits per heavy atom. The Bertz CT molecular complexity index is 1040. The molecule has 2 heterocycles. The maximum absolute atomic E-state index is 13.5. The highest BCUT2D eigenvalue weighted by Crippen LogP contribution is 2.34. The summed E-state index contributed by atoms with van der Waals surface area (Å²) in [5.41, 5.74) is 3.36. The van der Waals surface area contributed by atoms with Crippen molar-refractivity contribution in [3.8, 4) is 17.0 Å². The zero-order valence-corrected chi connectivity index (χ0v) is 19.1. The summed E-state index contributed by atoms with van der Waals surface area (Å²) in [5.74, 6) is 1.42. The minimum absolute atomic E-state index is 0.00132. The number of carbonyl (C=O) groups is 1. The normalized spacial score (nSPS) is 13.9. The van der Waals surface area contributed by atoms with Crippen LogP contribution in [0.5, 0.6) is 5.75 Å². The molecule has 3 aromatic rings. The third kappa shape index (κ3) is 4.64. The number of hydrogen-bond donors (Lipinski definition) is 0. The lowest BCUT2D eigenvalue weighted by molar-refractivity contribution is 0.0690. The number of ether oxygens (including phenoxy) is 1. The van der Waals surface area contributed by atoms with E-state index in [9.17, 15) is 4.79 Å². The van der Waals surface area contributed by atoms with E-state index >= 15 is 0 Å². The number of hydrogen-bond acceptors (Lipinski definition) is 5. The molecule has 0 atom stereocenters. The summed E-state index contributed by atoms with van der Waals surface area (Å²) in [4.78, 5) is 17.7. The Morgan fingerprint density at radius 1 is 1.09 bits per heavy atom. The first-order valence-electron chi connectivity index (χ1n) is 11.3. The Hall–Kier alpha value is -3.28. The number of rotatable bonds is 7. The van der Waals surface area contributed by atoms with Crippen molar-refractivity contribution in [3.63, 3.8) is 0 Å². The highest BCUT2D eigenvalue weighted by molar-refractivity contribution is 5.95. The fraction of sp³-hybridized carbons (Fsp3) is 0.385. The molecule has 168 valence electrons. The largest absolute Gasteiger partial charge is 0.497 e. The SMILES string of the molecule is COc1cccc(C(=O)N(Cc2c(-c3ccccc3)noc2N2CCCCC2)C(C)C)c1. The fourth-order valence-electron chi connectivity index (χ4n) is 4.19. The van der Waals surface area contributed by atoms with Gasteiger partial charge in [-0.3, -0.25) is 4.79 Å². The number of methoxy groups -OCH3 is 1. The van der Waals surface area contributed by atoms with E-state index in [1.165, 1.54) is 6.42 Å². The van der Waals surface area contributed by atoms with Crippen LogP contribution in [0, 0.1) is 0 Å². The van der Waals surface area contributed by atoms with Gasteiger partial charge in [-0.2, -0.15) is 0 Å². The van der Waals surface area contributed by atoms with Gasteiger partial charge in [-0.1, -0.05) is 41.6 Å². The van der Waals surface area contributed by atoms with Crippen LogP contribution < -0.4 is 9.64 Å². The van der Waals surface area contributed by atoms with Crippen LogP contribution in [-0.2, 0) is 6.54 Å². The third-order valence-electron chi connectivity index (χ3n) is 5.99. The number of amides is 1. The van der Waals surface area contributed by atoms with E-state index in [1.807, 2.05) is 67.3 Å². The van der Waals surface area contributed by atoms with Crippen LogP contribution in [0.3, 0.4) is 0 Å². The molecule has 32 heavy (non-hydrogen) atoms. The Labute approximate surface area is 189 Å². The monoisotopic (exact) mass is 433 g/mol. The fourth-order valence-corrected chi connectivity index (χ4v) is 4.19. The molecule has 0 saturated carbocycles. The van der Waals surface area contributed by atoms with E-state index < -0.39 is 0 Å². The summed E-state index contributed by atoms with van der Waals surface area (Å²) in [6.45, 7) is 6.39. The van der Waals surface area contributed by atoms with Crippen molar-refractivity contribution in [2.75, 3.05) is 25.1 Å². The van der Waals surface area contributed by atoms with Gasteiger partial charge < -0.3 is 19.1 Å². The van der Waals surface area contributed by atoms with Gasteiger partial charge in [0, 0.05) is 30.3 Å². The molecule has 6 heteroatoms. The van der Waals surface area contributed by atoms with Crippen molar-refractivity contribution in [3.05, 3.63) is 65.7 Å². The maximum atomic E-state index is 13.5. The van der Waals surface area contributed by atoms with E-state index in [0.29, 0.717) is 17.9 Å².